The number of benzene rings is 1. The summed E-state index contributed by atoms with van der Waals surface area (Å²) in [7, 11) is 0. The summed E-state index contributed by atoms with van der Waals surface area (Å²) in [6.07, 6.45) is 1.89. The third-order valence-electron chi connectivity index (χ3n) is 3.50. The smallest absolute Gasteiger partial charge is 0.320 e. The highest BCUT2D eigenvalue weighted by Gasteiger charge is 2.29. The number of rotatable bonds is 4. The number of hydrogen-bond donors (Lipinski definition) is 2. The molecule has 0 heterocycles. The van der Waals surface area contributed by atoms with E-state index < -0.39 is 12.0 Å². The molecule has 0 amide bonds. The van der Waals surface area contributed by atoms with Crippen molar-refractivity contribution in [2.45, 2.75) is 38.8 Å². The van der Waals surface area contributed by atoms with Crippen LogP contribution in [0.25, 0.3) is 0 Å². The third-order valence-corrected chi connectivity index (χ3v) is 3.73. The van der Waals surface area contributed by atoms with Gasteiger partial charge in [0.05, 0.1) is 0 Å². The number of carboxylic acid groups (broad SMARTS) is 1. The largest absolute Gasteiger partial charge is 0.480 e. The van der Waals surface area contributed by atoms with Gasteiger partial charge in [0, 0.05) is 11.1 Å². The van der Waals surface area contributed by atoms with E-state index in [0.29, 0.717) is 0 Å². The molecule has 0 radical (unpaired) electrons. The van der Waals surface area contributed by atoms with Gasteiger partial charge >= 0.3 is 5.97 Å². The maximum Gasteiger partial charge on any atom is 0.320 e. The Morgan fingerprint density at radius 1 is 1.50 bits per heavy atom. The molecule has 2 rings (SSSR count). The van der Waals surface area contributed by atoms with E-state index in [1.165, 1.54) is 11.1 Å². The fraction of sp³-hybridized carbons (Fsp3) is 0.500. The Balaban J connectivity index is 2.16. The molecule has 1 aromatic rings. The second-order valence-corrected chi connectivity index (χ2v) is 5.60. The van der Waals surface area contributed by atoms with Crippen LogP contribution in [0.5, 0.6) is 0 Å². The quantitative estimate of drug-likeness (QED) is 0.882. The third kappa shape index (κ3) is 2.68. The summed E-state index contributed by atoms with van der Waals surface area (Å²) in [6, 6.07) is 5.47. The van der Waals surface area contributed by atoms with E-state index in [0.717, 1.165) is 17.9 Å². The Morgan fingerprint density at radius 2 is 2.22 bits per heavy atom. The first-order valence-electron chi connectivity index (χ1n) is 6.26. The zero-order chi connectivity index (χ0) is 13.3. The molecule has 3 nitrogen and oxygen atoms in total. The van der Waals surface area contributed by atoms with Crippen molar-refractivity contribution in [1.82, 2.24) is 5.32 Å². The molecule has 0 fully saturated rings. The molecule has 0 saturated carbocycles. The number of carbonyl (C=O) groups is 1. The Hall–Kier alpha value is -1.06. The van der Waals surface area contributed by atoms with Gasteiger partial charge < -0.3 is 5.11 Å². The molecule has 0 aromatic heterocycles. The predicted molar refractivity (Wildman–Crippen MR) is 71.9 cm³/mol. The number of aliphatic carboxylic acids is 1. The first kappa shape index (κ1) is 13.4. The van der Waals surface area contributed by atoms with E-state index in [1.807, 2.05) is 32.0 Å². The Morgan fingerprint density at radius 3 is 2.83 bits per heavy atom. The van der Waals surface area contributed by atoms with Gasteiger partial charge in [-0.3, -0.25) is 10.1 Å². The fourth-order valence-corrected chi connectivity index (χ4v) is 2.72. The van der Waals surface area contributed by atoms with Crippen molar-refractivity contribution in [3.63, 3.8) is 0 Å². The van der Waals surface area contributed by atoms with Gasteiger partial charge in [0.15, 0.2) is 0 Å². The van der Waals surface area contributed by atoms with Gasteiger partial charge in [-0.1, -0.05) is 31.5 Å². The topological polar surface area (TPSA) is 49.3 Å². The minimum absolute atomic E-state index is 0.0684. The van der Waals surface area contributed by atoms with Gasteiger partial charge in [-0.2, -0.15) is 0 Å². The van der Waals surface area contributed by atoms with E-state index in [-0.39, 0.29) is 12.0 Å². The monoisotopic (exact) mass is 267 g/mol. The van der Waals surface area contributed by atoms with Crippen molar-refractivity contribution < 1.29 is 9.90 Å². The lowest BCUT2D eigenvalue weighted by atomic mass is 10.0. The molecule has 1 aromatic carbocycles. The highest BCUT2D eigenvalue weighted by atomic mass is 35.5. The number of carboxylic acids is 1. The van der Waals surface area contributed by atoms with Crippen LogP contribution in [-0.4, -0.2) is 17.1 Å². The maximum atomic E-state index is 11.2. The molecule has 2 N–H and O–H groups in total. The van der Waals surface area contributed by atoms with Gasteiger partial charge in [0.1, 0.15) is 6.04 Å². The van der Waals surface area contributed by atoms with Crippen LogP contribution in [0.4, 0.5) is 0 Å². The highest BCUT2D eigenvalue weighted by molar-refractivity contribution is 6.30. The molecule has 0 spiro atoms. The SMILES string of the molecule is CC(C)C(NC1CCc2cc(Cl)ccc21)C(=O)O. The number of nitrogens with one attached hydrogen (secondary N) is 1. The molecule has 1 aliphatic rings. The van der Waals surface area contributed by atoms with Crippen molar-refractivity contribution in [2.75, 3.05) is 0 Å². The van der Waals surface area contributed by atoms with Crippen LogP contribution in [0.15, 0.2) is 18.2 Å². The Labute approximate surface area is 112 Å². The molecule has 2 atom stereocenters. The van der Waals surface area contributed by atoms with E-state index >= 15 is 0 Å². The number of aryl methyl sites for hydroxylation is 1. The van der Waals surface area contributed by atoms with Crippen LogP contribution in [0.1, 0.15) is 37.4 Å². The second kappa shape index (κ2) is 5.29. The van der Waals surface area contributed by atoms with Crippen LogP contribution in [0, 0.1) is 5.92 Å². The van der Waals surface area contributed by atoms with Crippen molar-refractivity contribution in [2.24, 2.45) is 5.92 Å². The zero-order valence-electron chi connectivity index (χ0n) is 10.6. The van der Waals surface area contributed by atoms with E-state index in [2.05, 4.69) is 5.32 Å². The lowest BCUT2D eigenvalue weighted by Crippen LogP contribution is -2.42. The van der Waals surface area contributed by atoms with Gasteiger partial charge in [-0.05, 0) is 42.0 Å². The normalized spacial score (nSPS) is 19.9. The number of halogens is 1. The molecule has 0 bridgehead atoms. The van der Waals surface area contributed by atoms with Crippen molar-refractivity contribution >= 4 is 17.6 Å². The van der Waals surface area contributed by atoms with E-state index in [9.17, 15) is 9.90 Å². The van der Waals surface area contributed by atoms with Crippen LogP contribution in [0.2, 0.25) is 5.02 Å². The van der Waals surface area contributed by atoms with Gasteiger partial charge in [-0.15, -0.1) is 0 Å². The van der Waals surface area contributed by atoms with Crippen molar-refractivity contribution in [3.8, 4) is 0 Å². The molecule has 2 unspecified atom stereocenters. The van der Waals surface area contributed by atoms with Crippen LogP contribution < -0.4 is 5.32 Å². The minimum atomic E-state index is -0.785. The summed E-state index contributed by atoms with van der Waals surface area (Å²) in [5.74, 6) is -0.716. The Bertz CT molecular complexity index is 459. The molecule has 0 aliphatic heterocycles. The first-order chi connectivity index (χ1) is 8.49. The summed E-state index contributed by atoms with van der Waals surface area (Å²) in [5, 5.41) is 13.2. The highest BCUT2D eigenvalue weighted by Crippen LogP contribution is 2.33. The summed E-state index contributed by atoms with van der Waals surface area (Å²) >= 11 is 5.96. The summed E-state index contributed by atoms with van der Waals surface area (Å²) < 4.78 is 0. The van der Waals surface area contributed by atoms with Crippen LogP contribution >= 0.6 is 11.6 Å². The number of fused-ring (bicyclic) bond motifs is 1. The second-order valence-electron chi connectivity index (χ2n) is 5.16. The maximum absolute atomic E-state index is 11.2. The number of hydrogen-bond acceptors (Lipinski definition) is 2. The summed E-state index contributed by atoms with van der Waals surface area (Å²) in [4.78, 5) is 11.2. The predicted octanol–water partition coefficient (Wildman–Crippen LogP) is 3.03. The molecule has 0 saturated heterocycles. The van der Waals surface area contributed by atoms with Gasteiger partial charge in [0.2, 0.25) is 0 Å². The molecule has 4 heteroatoms. The van der Waals surface area contributed by atoms with Gasteiger partial charge in [0.25, 0.3) is 0 Å². The first-order valence-corrected chi connectivity index (χ1v) is 6.64. The average Bonchev–Trinajstić information content (AvgIpc) is 2.67. The van der Waals surface area contributed by atoms with Crippen molar-refractivity contribution in [3.05, 3.63) is 34.3 Å². The molecular formula is C14H18ClNO2. The molecule has 18 heavy (non-hydrogen) atoms. The lowest BCUT2D eigenvalue weighted by Gasteiger charge is -2.23. The van der Waals surface area contributed by atoms with Crippen molar-refractivity contribution in [1.29, 1.82) is 0 Å². The summed E-state index contributed by atoms with van der Waals surface area (Å²) in [6.45, 7) is 3.84. The summed E-state index contributed by atoms with van der Waals surface area (Å²) in [5.41, 5.74) is 2.42. The van der Waals surface area contributed by atoms with Crippen LogP contribution in [0.3, 0.4) is 0 Å². The Kier molecular flexibility index (Phi) is 3.93. The fourth-order valence-electron chi connectivity index (χ4n) is 2.52. The lowest BCUT2D eigenvalue weighted by molar-refractivity contribution is -0.140. The van der Waals surface area contributed by atoms with Gasteiger partial charge in [-0.25, -0.2) is 0 Å². The zero-order valence-corrected chi connectivity index (χ0v) is 11.4. The standard InChI is InChI=1S/C14H18ClNO2/c1-8(2)13(14(17)18)16-12-6-3-9-7-10(15)4-5-11(9)12/h4-5,7-8,12-13,16H,3,6H2,1-2H3,(H,17,18). The van der Waals surface area contributed by atoms with Crippen LogP contribution in [-0.2, 0) is 11.2 Å². The van der Waals surface area contributed by atoms with E-state index in [4.69, 9.17) is 11.6 Å². The molecular weight excluding hydrogens is 250 g/mol. The minimum Gasteiger partial charge on any atom is -0.480 e. The molecule has 98 valence electrons. The average molecular weight is 268 g/mol. The molecule has 1 aliphatic carbocycles. The van der Waals surface area contributed by atoms with E-state index in [1.54, 1.807) is 0 Å².